The molecule has 2 aromatic carbocycles. The highest BCUT2D eigenvalue weighted by Gasteiger charge is 2.32. The Bertz CT molecular complexity index is 1210. The number of nitrogens with zero attached hydrogens (tertiary/aromatic N) is 2. The first-order chi connectivity index (χ1) is 16.8. The maximum Gasteiger partial charge on any atom is 0.338 e. The second kappa shape index (κ2) is 11.7. The van der Waals surface area contributed by atoms with Crippen LogP contribution in [0.4, 0.5) is 5.69 Å². The van der Waals surface area contributed by atoms with Gasteiger partial charge in [0.25, 0.3) is 11.6 Å². The second-order valence-electron chi connectivity index (χ2n) is 7.23. The number of nitrogens with one attached hydrogen (secondary N) is 3. The molecule has 0 fully saturated rings. The van der Waals surface area contributed by atoms with Gasteiger partial charge in [0.2, 0.25) is 0 Å². The third-order valence-corrected chi connectivity index (χ3v) is 5.10. The van der Waals surface area contributed by atoms with E-state index in [-0.39, 0.29) is 17.9 Å². The summed E-state index contributed by atoms with van der Waals surface area (Å²) < 4.78 is 10.9. The van der Waals surface area contributed by atoms with Gasteiger partial charge in [0.05, 0.1) is 34.9 Å². The SMILES string of the molecule is CCOC(=O)C1=C(C)NC(=S)N[C@@H]1c1ccccc1OCC(=O)NN=Cc1ccccc1[N+](=O)[O-]. The number of thiocarbonyl (C=S) groups is 1. The van der Waals surface area contributed by atoms with Gasteiger partial charge in [-0.25, -0.2) is 10.2 Å². The molecule has 0 unspecified atom stereocenters. The van der Waals surface area contributed by atoms with E-state index in [1.807, 2.05) is 0 Å². The minimum atomic E-state index is -0.654. The summed E-state index contributed by atoms with van der Waals surface area (Å²) >= 11 is 5.26. The van der Waals surface area contributed by atoms with Gasteiger partial charge in [-0.3, -0.25) is 14.9 Å². The fraction of sp³-hybridized carbons (Fsp3) is 0.217. The van der Waals surface area contributed by atoms with Crippen LogP contribution in [0.1, 0.15) is 31.0 Å². The number of hydrogen-bond acceptors (Lipinski definition) is 8. The van der Waals surface area contributed by atoms with E-state index in [0.29, 0.717) is 27.7 Å². The van der Waals surface area contributed by atoms with Crippen LogP contribution in [0.25, 0.3) is 0 Å². The van der Waals surface area contributed by atoms with Crippen molar-refractivity contribution in [1.29, 1.82) is 0 Å². The molecular formula is C23H23N5O6S. The first-order valence-electron chi connectivity index (χ1n) is 10.5. The van der Waals surface area contributed by atoms with E-state index in [4.69, 9.17) is 21.7 Å². The van der Waals surface area contributed by atoms with Crippen LogP contribution in [0.2, 0.25) is 0 Å². The highest BCUT2D eigenvalue weighted by Crippen LogP contribution is 2.33. The molecule has 35 heavy (non-hydrogen) atoms. The van der Waals surface area contributed by atoms with E-state index < -0.39 is 29.4 Å². The number of hydrazone groups is 1. The molecule has 12 heteroatoms. The fourth-order valence-corrected chi connectivity index (χ4v) is 3.64. The van der Waals surface area contributed by atoms with Crippen LogP contribution < -0.4 is 20.8 Å². The number of allylic oxidation sites excluding steroid dienone is 1. The average molecular weight is 498 g/mol. The van der Waals surface area contributed by atoms with Gasteiger partial charge < -0.3 is 20.1 Å². The van der Waals surface area contributed by atoms with Gasteiger partial charge in [0.15, 0.2) is 11.7 Å². The molecule has 3 N–H and O–H groups in total. The lowest BCUT2D eigenvalue weighted by molar-refractivity contribution is -0.385. The molecule has 0 saturated carbocycles. The summed E-state index contributed by atoms with van der Waals surface area (Å²) in [6.07, 6.45) is 1.18. The first kappa shape index (κ1) is 25.3. The third-order valence-electron chi connectivity index (χ3n) is 4.88. The molecule has 1 aliphatic heterocycles. The van der Waals surface area contributed by atoms with Crippen molar-refractivity contribution < 1.29 is 24.0 Å². The van der Waals surface area contributed by atoms with Crippen LogP contribution in [-0.2, 0) is 14.3 Å². The number of carbonyl (C=O) groups excluding carboxylic acids is 2. The zero-order chi connectivity index (χ0) is 25.4. The summed E-state index contributed by atoms with van der Waals surface area (Å²) in [6.45, 7) is 3.25. The monoisotopic (exact) mass is 497 g/mol. The highest BCUT2D eigenvalue weighted by atomic mass is 32.1. The van der Waals surface area contributed by atoms with Crippen molar-refractivity contribution in [2.75, 3.05) is 13.2 Å². The maximum absolute atomic E-state index is 12.6. The number of nitro benzene ring substituents is 1. The van der Waals surface area contributed by atoms with Gasteiger partial charge in [-0.05, 0) is 38.2 Å². The Morgan fingerprint density at radius 3 is 2.69 bits per heavy atom. The molecule has 182 valence electrons. The lowest BCUT2D eigenvalue weighted by atomic mass is 9.95. The molecule has 0 aliphatic carbocycles. The van der Waals surface area contributed by atoms with Crippen LogP contribution in [0.15, 0.2) is 64.9 Å². The Hall–Kier alpha value is -4.32. The Balaban J connectivity index is 1.72. The summed E-state index contributed by atoms with van der Waals surface area (Å²) in [6, 6.07) is 12.2. The number of para-hydroxylation sites is 2. The van der Waals surface area contributed by atoms with Crippen LogP contribution in [0.5, 0.6) is 5.75 Å². The number of hydrogen-bond donors (Lipinski definition) is 3. The van der Waals surface area contributed by atoms with E-state index in [2.05, 4.69) is 21.2 Å². The van der Waals surface area contributed by atoms with Gasteiger partial charge in [0, 0.05) is 17.3 Å². The molecule has 11 nitrogen and oxygen atoms in total. The van der Waals surface area contributed by atoms with E-state index in [9.17, 15) is 19.7 Å². The molecule has 0 aromatic heterocycles. The van der Waals surface area contributed by atoms with Crippen molar-refractivity contribution >= 4 is 41.1 Å². The number of benzene rings is 2. The molecule has 0 radical (unpaired) electrons. The molecule has 1 aliphatic rings. The maximum atomic E-state index is 12.6. The molecular weight excluding hydrogens is 474 g/mol. The standard InChI is InChI=1S/C23H23N5O6S/c1-3-33-22(30)20-14(2)25-23(35)26-21(20)16-9-5-7-11-18(16)34-13-19(29)27-24-12-15-8-4-6-10-17(15)28(31)32/h4-12,21H,3,13H2,1-2H3,(H,27,29)(H2,25,26,35)/t21-/m1/s1. The predicted molar refractivity (Wildman–Crippen MR) is 132 cm³/mol. The Labute approximate surface area is 206 Å². The first-order valence-corrected chi connectivity index (χ1v) is 10.9. The average Bonchev–Trinajstić information content (AvgIpc) is 2.82. The summed E-state index contributed by atoms with van der Waals surface area (Å²) in [5.41, 5.74) is 3.85. The third kappa shape index (κ3) is 6.38. The molecule has 0 spiro atoms. The fourth-order valence-electron chi connectivity index (χ4n) is 3.37. The Morgan fingerprint density at radius 2 is 1.94 bits per heavy atom. The van der Waals surface area contributed by atoms with Gasteiger partial charge in [-0.15, -0.1) is 0 Å². The van der Waals surface area contributed by atoms with Crippen molar-refractivity contribution in [3.05, 3.63) is 81.0 Å². The molecule has 1 amide bonds. The van der Waals surface area contributed by atoms with E-state index in [1.165, 1.54) is 24.4 Å². The molecule has 0 bridgehead atoms. The second-order valence-corrected chi connectivity index (χ2v) is 7.63. The number of ether oxygens (including phenoxy) is 2. The van der Waals surface area contributed by atoms with Crippen LogP contribution in [-0.4, -0.2) is 41.3 Å². The van der Waals surface area contributed by atoms with Crippen LogP contribution in [0.3, 0.4) is 0 Å². The number of rotatable bonds is 9. The number of esters is 1. The van der Waals surface area contributed by atoms with Crippen molar-refractivity contribution in [1.82, 2.24) is 16.1 Å². The van der Waals surface area contributed by atoms with E-state index in [0.717, 1.165) is 0 Å². The van der Waals surface area contributed by atoms with E-state index in [1.54, 1.807) is 44.2 Å². The summed E-state index contributed by atoms with van der Waals surface area (Å²) in [7, 11) is 0. The van der Waals surface area contributed by atoms with E-state index >= 15 is 0 Å². The van der Waals surface area contributed by atoms with Gasteiger partial charge in [-0.2, -0.15) is 5.10 Å². The highest BCUT2D eigenvalue weighted by molar-refractivity contribution is 7.80. The topological polar surface area (TPSA) is 144 Å². The lowest BCUT2D eigenvalue weighted by Gasteiger charge is -2.30. The Morgan fingerprint density at radius 1 is 1.23 bits per heavy atom. The van der Waals surface area contributed by atoms with Gasteiger partial charge >= 0.3 is 5.97 Å². The van der Waals surface area contributed by atoms with Gasteiger partial charge in [0.1, 0.15) is 5.75 Å². The van der Waals surface area contributed by atoms with Crippen molar-refractivity contribution in [3.8, 4) is 5.75 Å². The van der Waals surface area contributed by atoms with Crippen molar-refractivity contribution in [2.24, 2.45) is 5.10 Å². The van der Waals surface area contributed by atoms with Crippen molar-refractivity contribution in [3.63, 3.8) is 0 Å². The molecule has 3 rings (SSSR count). The lowest BCUT2D eigenvalue weighted by Crippen LogP contribution is -2.45. The molecule has 0 saturated heterocycles. The molecule has 1 atom stereocenters. The zero-order valence-corrected chi connectivity index (χ0v) is 19.8. The number of amides is 1. The quantitative estimate of drug-likeness (QED) is 0.156. The number of nitro groups is 1. The molecule has 1 heterocycles. The summed E-state index contributed by atoms with van der Waals surface area (Å²) in [4.78, 5) is 35.4. The zero-order valence-electron chi connectivity index (χ0n) is 18.9. The normalized spacial score (nSPS) is 15.3. The summed E-state index contributed by atoms with van der Waals surface area (Å²) in [5, 5.41) is 21.1. The minimum Gasteiger partial charge on any atom is -0.483 e. The predicted octanol–water partition coefficient (Wildman–Crippen LogP) is 2.48. The minimum absolute atomic E-state index is 0.135. The summed E-state index contributed by atoms with van der Waals surface area (Å²) in [5.74, 6) is -0.739. The smallest absolute Gasteiger partial charge is 0.338 e. The largest absolute Gasteiger partial charge is 0.483 e. The molecule has 2 aromatic rings. The Kier molecular flexibility index (Phi) is 8.46. The van der Waals surface area contributed by atoms with Crippen LogP contribution >= 0.6 is 12.2 Å². The van der Waals surface area contributed by atoms with Crippen molar-refractivity contribution in [2.45, 2.75) is 19.9 Å². The van der Waals surface area contributed by atoms with Gasteiger partial charge in [-0.1, -0.05) is 30.3 Å². The number of carbonyl (C=O) groups is 2. The van der Waals surface area contributed by atoms with Crippen LogP contribution in [0, 0.1) is 10.1 Å².